The van der Waals surface area contributed by atoms with E-state index in [1.165, 1.54) is 19.3 Å². The van der Waals surface area contributed by atoms with Crippen molar-refractivity contribution < 1.29 is 29.4 Å². The minimum Gasteiger partial charge on any atom is -0.394 e. The van der Waals surface area contributed by atoms with Crippen molar-refractivity contribution >= 4 is 11.8 Å². The number of hydroxylamine groups is 2. The van der Waals surface area contributed by atoms with Crippen LogP contribution in [0.3, 0.4) is 0 Å². The summed E-state index contributed by atoms with van der Waals surface area (Å²) < 4.78 is 6.61. The van der Waals surface area contributed by atoms with Crippen LogP contribution in [0.15, 0.2) is 0 Å². The number of rotatable bonds is 13. The van der Waals surface area contributed by atoms with Crippen molar-refractivity contribution in [3.8, 4) is 0 Å². The molecule has 4 N–H and O–H groups in total. The molecule has 0 aromatic carbocycles. The Morgan fingerprint density at radius 3 is 2.48 bits per heavy atom. The minimum absolute atomic E-state index is 0.00959. The van der Waals surface area contributed by atoms with Gasteiger partial charge in [-0.2, -0.15) is 5.06 Å². The maximum atomic E-state index is 14.3. The fourth-order valence-corrected chi connectivity index (χ4v) is 11.9. The molecule has 14 atom stereocenters. The quantitative estimate of drug-likeness (QED) is 0.223. The van der Waals surface area contributed by atoms with Crippen LogP contribution < -0.4 is 10.6 Å². The first-order valence-corrected chi connectivity index (χ1v) is 20.6. The Balaban J connectivity index is 1.12. The average Bonchev–Trinajstić information content (AvgIpc) is 3.72. The predicted octanol–water partition coefficient (Wildman–Crippen LogP) is 4.38. The van der Waals surface area contributed by atoms with E-state index < -0.39 is 24.2 Å². The van der Waals surface area contributed by atoms with E-state index in [-0.39, 0.29) is 42.4 Å². The monoisotopic (exact) mass is 703 g/mol. The lowest BCUT2D eigenvalue weighted by molar-refractivity contribution is -0.194. The molecular formula is C40H70N4O6. The Morgan fingerprint density at radius 1 is 1.02 bits per heavy atom. The number of ether oxygens (including phenoxy) is 1. The molecule has 0 spiro atoms. The molecule has 7 aliphatic rings. The number of aliphatic hydroxyl groups is 2. The Hall–Kier alpha value is -1.30. The van der Waals surface area contributed by atoms with E-state index in [1.54, 1.807) is 6.92 Å². The Bertz CT molecular complexity index is 1150. The SMILES string of the molecule is CCOC1C(CN2O[C@@H](CO)[C@H]([C@H](C)O)[C@H]2C(=O)N[C@H]2C[C@H]3C[C@@H]([C@@H]2C)C3(C)C)CCCC1C1CCCC(C(=O)NC[C@@H]2CCCN2CC)C1. The fourth-order valence-electron chi connectivity index (χ4n) is 11.9. The zero-order chi connectivity index (χ0) is 35.7. The number of amides is 2. The summed E-state index contributed by atoms with van der Waals surface area (Å²) in [6.07, 6.45) is 10.4. The van der Waals surface area contributed by atoms with Crippen LogP contribution in [0, 0.1) is 52.8 Å². The Labute approximate surface area is 302 Å². The van der Waals surface area contributed by atoms with E-state index in [4.69, 9.17) is 9.57 Å². The molecule has 286 valence electrons. The number of aliphatic hydroxyl groups excluding tert-OH is 2. The summed E-state index contributed by atoms with van der Waals surface area (Å²) >= 11 is 0. The lowest BCUT2D eigenvalue weighted by Gasteiger charge is -2.62. The number of carbonyl (C=O) groups is 2. The van der Waals surface area contributed by atoms with Gasteiger partial charge in [0.2, 0.25) is 11.8 Å². The molecule has 5 aliphatic carbocycles. The average molecular weight is 703 g/mol. The van der Waals surface area contributed by atoms with E-state index >= 15 is 0 Å². The van der Waals surface area contributed by atoms with Gasteiger partial charge in [0, 0.05) is 49.5 Å². The van der Waals surface area contributed by atoms with Gasteiger partial charge in [0.1, 0.15) is 12.1 Å². The summed E-state index contributed by atoms with van der Waals surface area (Å²) in [5.41, 5.74) is 0.327. The predicted molar refractivity (Wildman–Crippen MR) is 194 cm³/mol. The van der Waals surface area contributed by atoms with Gasteiger partial charge in [-0.15, -0.1) is 0 Å². The second-order valence-electron chi connectivity index (χ2n) is 17.8. The summed E-state index contributed by atoms with van der Waals surface area (Å²) in [4.78, 5) is 36.6. The van der Waals surface area contributed by atoms with Gasteiger partial charge in [-0.1, -0.05) is 47.0 Å². The molecule has 10 heteroatoms. The zero-order valence-electron chi connectivity index (χ0n) is 32.0. The first-order valence-electron chi connectivity index (χ1n) is 20.6. The number of carbonyl (C=O) groups excluding carboxylic acids is 2. The van der Waals surface area contributed by atoms with Gasteiger partial charge in [0.05, 0.1) is 18.8 Å². The number of fused-ring (bicyclic) bond motifs is 2. The van der Waals surface area contributed by atoms with Gasteiger partial charge < -0.3 is 25.6 Å². The van der Waals surface area contributed by atoms with Crippen molar-refractivity contribution in [2.75, 3.05) is 39.4 Å². The van der Waals surface area contributed by atoms with Gasteiger partial charge in [0.25, 0.3) is 0 Å². The van der Waals surface area contributed by atoms with Gasteiger partial charge in [-0.3, -0.25) is 19.3 Å². The van der Waals surface area contributed by atoms with E-state index in [0.717, 1.165) is 71.0 Å². The molecule has 7 rings (SSSR count). The smallest absolute Gasteiger partial charge is 0.240 e. The molecule has 7 fully saturated rings. The maximum Gasteiger partial charge on any atom is 0.240 e. The molecule has 2 heterocycles. The first-order chi connectivity index (χ1) is 24.0. The second-order valence-corrected chi connectivity index (χ2v) is 17.8. The highest BCUT2D eigenvalue weighted by Gasteiger charge is 2.58. The number of hydrogen-bond acceptors (Lipinski definition) is 8. The molecule has 0 radical (unpaired) electrons. The third kappa shape index (κ3) is 7.68. The Morgan fingerprint density at radius 2 is 1.80 bits per heavy atom. The molecule has 0 aromatic heterocycles. The third-order valence-corrected chi connectivity index (χ3v) is 14.9. The molecule has 5 unspecified atom stereocenters. The lowest BCUT2D eigenvalue weighted by atomic mass is 9.45. The maximum absolute atomic E-state index is 14.3. The molecule has 0 aromatic rings. The standard InChI is InChI=1S/C40H70N4O6/c1-7-43-17-11-15-30(43)21-41-38(47)27-13-9-12-26(18-27)31-16-10-14-28(37(31)49-8-2)22-44-36(35(25(4)46)34(23-45)50-44)39(48)42-33-20-29-19-32(24(33)3)40(29,5)6/h24-37,45-46H,7-23H2,1-6H3,(H,41,47)(H,42,48)/t24-,25-,26?,27?,28?,29+,30-,31?,32-,33-,34-,35-,36-,37?/m0/s1. The number of likely N-dealkylation sites (tertiary alicyclic amines) is 1. The first kappa shape index (κ1) is 38.4. The van der Waals surface area contributed by atoms with Crippen molar-refractivity contribution in [3.05, 3.63) is 0 Å². The molecule has 2 aliphatic heterocycles. The zero-order valence-corrected chi connectivity index (χ0v) is 32.0. The molecular weight excluding hydrogens is 632 g/mol. The summed E-state index contributed by atoms with van der Waals surface area (Å²) in [6, 6.07) is -0.106. The van der Waals surface area contributed by atoms with Crippen LogP contribution in [0.2, 0.25) is 0 Å². The summed E-state index contributed by atoms with van der Waals surface area (Å²) in [7, 11) is 0. The van der Waals surface area contributed by atoms with Crippen molar-refractivity contribution in [1.29, 1.82) is 0 Å². The number of likely N-dealkylation sites (N-methyl/N-ethyl adjacent to an activating group) is 1. The highest BCUT2D eigenvalue weighted by molar-refractivity contribution is 5.83. The second kappa shape index (κ2) is 16.4. The van der Waals surface area contributed by atoms with E-state index in [1.807, 2.05) is 5.06 Å². The summed E-state index contributed by atoms with van der Waals surface area (Å²) in [5, 5.41) is 29.9. The van der Waals surface area contributed by atoms with Gasteiger partial charge in [-0.25, -0.2) is 0 Å². The summed E-state index contributed by atoms with van der Waals surface area (Å²) in [6.45, 7) is 16.8. The van der Waals surface area contributed by atoms with E-state index in [9.17, 15) is 19.8 Å². The van der Waals surface area contributed by atoms with Gasteiger partial charge in [-0.05, 0) is 113 Å². The molecule has 10 nitrogen and oxygen atoms in total. The molecule has 5 saturated carbocycles. The van der Waals surface area contributed by atoms with Crippen LogP contribution >= 0.6 is 0 Å². The van der Waals surface area contributed by atoms with Gasteiger partial charge in [0.15, 0.2) is 0 Å². The number of nitrogens with one attached hydrogen (secondary N) is 2. The molecule has 2 amide bonds. The highest BCUT2D eigenvalue weighted by atomic mass is 16.7. The van der Waals surface area contributed by atoms with Crippen LogP contribution in [0.4, 0.5) is 0 Å². The van der Waals surface area contributed by atoms with Crippen LogP contribution in [-0.4, -0.2) is 108 Å². The van der Waals surface area contributed by atoms with Crippen molar-refractivity contribution in [2.24, 2.45) is 52.8 Å². The van der Waals surface area contributed by atoms with Crippen molar-refractivity contribution in [3.63, 3.8) is 0 Å². The van der Waals surface area contributed by atoms with Crippen LogP contribution in [0.25, 0.3) is 0 Å². The molecule has 50 heavy (non-hydrogen) atoms. The van der Waals surface area contributed by atoms with Crippen molar-refractivity contribution in [1.82, 2.24) is 20.6 Å². The number of hydrogen-bond donors (Lipinski definition) is 4. The largest absolute Gasteiger partial charge is 0.394 e. The van der Waals surface area contributed by atoms with Crippen molar-refractivity contribution in [2.45, 2.75) is 149 Å². The molecule has 2 saturated heterocycles. The topological polar surface area (TPSA) is 124 Å². The number of nitrogens with zero attached hydrogens (tertiary/aromatic N) is 2. The lowest BCUT2D eigenvalue weighted by Crippen LogP contribution is -2.62. The van der Waals surface area contributed by atoms with Crippen LogP contribution in [0.5, 0.6) is 0 Å². The van der Waals surface area contributed by atoms with Crippen LogP contribution in [0.1, 0.15) is 112 Å². The Kier molecular flexibility index (Phi) is 12.6. The van der Waals surface area contributed by atoms with E-state index in [2.05, 4.69) is 50.2 Å². The normalized spacial score (nSPS) is 42.5. The minimum atomic E-state index is -0.810. The summed E-state index contributed by atoms with van der Waals surface area (Å²) in [5.74, 6) is 2.21. The van der Waals surface area contributed by atoms with Gasteiger partial charge >= 0.3 is 0 Å². The van der Waals surface area contributed by atoms with E-state index in [0.29, 0.717) is 54.2 Å². The highest BCUT2D eigenvalue weighted by Crippen LogP contribution is 2.61. The molecule has 2 bridgehead atoms. The third-order valence-electron chi connectivity index (χ3n) is 14.9. The van der Waals surface area contributed by atoms with Crippen LogP contribution in [-0.2, 0) is 19.2 Å². The fraction of sp³-hybridized carbons (Fsp3) is 0.950.